The lowest BCUT2D eigenvalue weighted by Gasteiger charge is -2.03. The van der Waals surface area contributed by atoms with E-state index in [4.69, 9.17) is 14.7 Å². The van der Waals surface area contributed by atoms with E-state index in [1.807, 2.05) is 6.07 Å². The van der Waals surface area contributed by atoms with Crippen LogP contribution in [-0.4, -0.2) is 24.8 Å². The Morgan fingerprint density at radius 3 is 3.00 bits per heavy atom. The Morgan fingerprint density at radius 1 is 1.53 bits per heavy atom. The van der Waals surface area contributed by atoms with E-state index < -0.39 is 5.97 Å². The number of phenols is 1. The van der Waals surface area contributed by atoms with Crippen LogP contribution in [0.5, 0.6) is 11.5 Å². The van der Waals surface area contributed by atoms with Crippen LogP contribution in [-0.2, 0) is 9.53 Å². The van der Waals surface area contributed by atoms with Gasteiger partial charge in [-0.3, -0.25) is 0 Å². The van der Waals surface area contributed by atoms with Gasteiger partial charge in [0.15, 0.2) is 11.5 Å². The summed E-state index contributed by atoms with van der Waals surface area (Å²) in [7, 11) is 1.45. The quantitative estimate of drug-likeness (QED) is 0.482. The Bertz CT molecular complexity index is 503. The number of hydrogen-bond donors (Lipinski definition) is 1. The number of nitriles is 1. The van der Waals surface area contributed by atoms with E-state index in [1.54, 1.807) is 18.2 Å². The fourth-order valence-corrected chi connectivity index (χ4v) is 1.33. The molecule has 100 valence electrons. The summed E-state index contributed by atoms with van der Waals surface area (Å²) in [5.41, 5.74) is 0.712. The molecular weight excluding hydrogens is 246 g/mol. The Morgan fingerprint density at radius 2 is 2.32 bits per heavy atom. The molecule has 0 aromatic heterocycles. The highest BCUT2D eigenvalue weighted by Gasteiger charge is 2.01. The minimum absolute atomic E-state index is 0.0405. The van der Waals surface area contributed by atoms with E-state index >= 15 is 0 Å². The molecule has 0 heterocycles. The van der Waals surface area contributed by atoms with Gasteiger partial charge in [-0.2, -0.15) is 5.26 Å². The number of nitrogens with zero attached hydrogens (tertiary/aromatic N) is 1. The maximum Gasteiger partial charge on any atom is 0.330 e. The van der Waals surface area contributed by atoms with Crippen molar-refractivity contribution in [1.82, 2.24) is 0 Å². The van der Waals surface area contributed by atoms with Crippen molar-refractivity contribution in [3.63, 3.8) is 0 Å². The number of aromatic hydroxyl groups is 1. The fraction of sp³-hybridized carbons (Fsp3) is 0.286. The molecule has 0 spiro atoms. The van der Waals surface area contributed by atoms with E-state index in [9.17, 15) is 9.90 Å². The summed E-state index contributed by atoms with van der Waals surface area (Å²) >= 11 is 0. The van der Waals surface area contributed by atoms with Crippen LogP contribution in [0.2, 0.25) is 0 Å². The standard InChI is InChI=1S/C14H15NO4/c1-18-13-10-11(4-6-12(13)16)5-7-14(17)19-9-3-2-8-15/h4-7,10,16H,2-3,9H2,1H3. The predicted octanol–water partition coefficient (Wildman–Crippen LogP) is 2.26. The molecule has 0 radical (unpaired) electrons. The second-order valence-corrected chi connectivity index (χ2v) is 3.69. The molecule has 0 unspecified atom stereocenters. The van der Waals surface area contributed by atoms with Crippen LogP contribution in [0.1, 0.15) is 18.4 Å². The number of benzene rings is 1. The maximum absolute atomic E-state index is 11.3. The average Bonchev–Trinajstić information content (AvgIpc) is 2.42. The molecule has 0 saturated carbocycles. The van der Waals surface area contributed by atoms with Crippen LogP contribution in [0.4, 0.5) is 0 Å². The summed E-state index contributed by atoms with van der Waals surface area (Å²) in [6.07, 6.45) is 3.75. The summed E-state index contributed by atoms with van der Waals surface area (Å²) in [5, 5.41) is 17.7. The van der Waals surface area contributed by atoms with Crippen LogP contribution < -0.4 is 4.74 Å². The molecule has 1 N–H and O–H groups in total. The van der Waals surface area contributed by atoms with Gasteiger partial charge in [0.05, 0.1) is 19.8 Å². The molecule has 0 amide bonds. The first-order valence-corrected chi connectivity index (χ1v) is 5.76. The van der Waals surface area contributed by atoms with Crippen LogP contribution in [0.15, 0.2) is 24.3 Å². The van der Waals surface area contributed by atoms with E-state index in [0.717, 1.165) is 0 Å². The highest BCUT2D eigenvalue weighted by molar-refractivity contribution is 5.87. The summed E-state index contributed by atoms with van der Waals surface area (Å²) in [6, 6.07) is 6.71. The van der Waals surface area contributed by atoms with Crippen molar-refractivity contribution in [1.29, 1.82) is 5.26 Å². The molecule has 0 saturated heterocycles. The van der Waals surface area contributed by atoms with Crippen molar-refractivity contribution in [3.05, 3.63) is 29.8 Å². The molecule has 1 rings (SSSR count). The van der Waals surface area contributed by atoms with Gasteiger partial charge >= 0.3 is 5.97 Å². The Kier molecular flexibility index (Phi) is 5.96. The zero-order chi connectivity index (χ0) is 14.1. The number of hydrogen-bond acceptors (Lipinski definition) is 5. The lowest BCUT2D eigenvalue weighted by Crippen LogP contribution is -2.01. The third-order valence-electron chi connectivity index (χ3n) is 2.29. The van der Waals surface area contributed by atoms with Crippen LogP contribution in [0, 0.1) is 11.3 Å². The van der Waals surface area contributed by atoms with Crippen molar-refractivity contribution < 1.29 is 19.4 Å². The van der Waals surface area contributed by atoms with Crippen molar-refractivity contribution in [2.45, 2.75) is 12.8 Å². The smallest absolute Gasteiger partial charge is 0.330 e. The van der Waals surface area contributed by atoms with Gasteiger partial charge in [-0.1, -0.05) is 6.07 Å². The minimum Gasteiger partial charge on any atom is -0.504 e. The highest BCUT2D eigenvalue weighted by atomic mass is 16.5. The van der Waals surface area contributed by atoms with Crippen molar-refractivity contribution >= 4 is 12.0 Å². The normalized spacial score (nSPS) is 10.1. The average molecular weight is 261 g/mol. The maximum atomic E-state index is 11.3. The number of ether oxygens (including phenoxy) is 2. The monoisotopic (exact) mass is 261 g/mol. The lowest BCUT2D eigenvalue weighted by atomic mass is 10.2. The highest BCUT2D eigenvalue weighted by Crippen LogP contribution is 2.26. The van der Waals surface area contributed by atoms with Gasteiger partial charge in [0, 0.05) is 12.5 Å². The fourth-order valence-electron chi connectivity index (χ4n) is 1.33. The van der Waals surface area contributed by atoms with E-state index in [2.05, 4.69) is 0 Å². The largest absolute Gasteiger partial charge is 0.504 e. The number of esters is 1. The number of rotatable bonds is 6. The third kappa shape index (κ3) is 5.13. The first-order valence-electron chi connectivity index (χ1n) is 5.76. The molecule has 0 atom stereocenters. The molecule has 19 heavy (non-hydrogen) atoms. The van der Waals surface area contributed by atoms with Crippen LogP contribution in [0.3, 0.4) is 0 Å². The van der Waals surface area contributed by atoms with Gasteiger partial charge in [0.25, 0.3) is 0 Å². The van der Waals surface area contributed by atoms with Crippen molar-refractivity contribution in [3.8, 4) is 17.6 Å². The molecule has 1 aromatic rings. The third-order valence-corrected chi connectivity index (χ3v) is 2.29. The molecule has 0 fully saturated rings. The van der Waals surface area contributed by atoms with Gasteiger partial charge in [-0.05, 0) is 30.2 Å². The Balaban J connectivity index is 2.52. The minimum atomic E-state index is -0.468. The van der Waals surface area contributed by atoms with Crippen LogP contribution in [0.25, 0.3) is 6.08 Å². The molecule has 1 aromatic carbocycles. The second-order valence-electron chi connectivity index (χ2n) is 3.69. The molecular formula is C14H15NO4. The van der Waals surface area contributed by atoms with E-state index in [1.165, 1.54) is 19.3 Å². The molecule has 0 aliphatic rings. The molecule has 5 heteroatoms. The molecule has 5 nitrogen and oxygen atoms in total. The van der Waals surface area contributed by atoms with Gasteiger partial charge < -0.3 is 14.6 Å². The van der Waals surface area contributed by atoms with Crippen molar-refractivity contribution in [2.75, 3.05) is 13.7 Å². The molecule has 0 aliphatic heterocycles. The number of carbonyl (C=O) groups excluding carboxylic acids is 1. The number of carbonyl (C=O) groups is 1. The van der Waals surface area contributed by atoms with Crippen molar-refractivity contribution in [2.24, 2.45) is 0 Å². The summed E-state index contributed by atoms with van der Waals surface area (Å²) in [6.45, 7) is 0.232. The lowest BCUT2D eigenvalue weighted by molar-refractivity contribution is -0.137. The first kappa shape index (κ1) is 14.6. The zero-order valence-corrected chi connectivity index (χ0v) is 10.6. The topological polar surface area (TPSA) is 79.5 Å². The number of methoxy groups -OCH3 is 1. The van der Waals surface area contributed by atoms with Gasteiger partial charge in [-0.25, -0.2) is 4.79 Å². The van der Waals surface area contributed by atoms with Crippen LogP contribution >= 0.6 is 0 Å². The summed E-state index contributed by atoms with van der Waals surface area (Å²) in [4.78, 5) is 11.3. The van der Waals surface area contributed by atoms with Gasteiger partial charge in [0.2, 0.25) is 0 Å². The molecule has 0 bridgehead atoms. The molecule has 0 aliphatic carbocycles. The zero-order valence-electron chi connectivity index (χ0n) is 10.6. The SMILES string of the molecule is COc1cc(C=CC(=O)OCCCC#N)ccc1O. The predicted molar refractivity (Wildman–Crippen MR) is 69.5 cm³/mol. The number of unbranched alkanes of at least 4 members (excludes halogenated alkanes) is 1. The summed E-state index contributed by atoms with van der Waals surface area (Å²) in [5.74, 6) is -0.0896. The van der Waals surface area contributed by atoms with E-state index in [0.29, 0.717) is 24.2 Å². The van der Waals surface area contributed by atoms with Gasteiger partial charge in [0.1, 0.15) is 0 Å². The van der Waals surface area contributed by atoms with E-state index in [-0.39, 0.29) is 12.4 Å². The Hall–Kier alpha value is -2.48. The first-order chi connectivity index (χ1) is 9.17. The Labute approximate surface area is 111 Å². The van der Waals surface area contributed by atoms with Gasteiger partial charge in [-0.15, -0.1) is 0 Å². The number of phenolic OH excluding ortho intramolecular Hbond substituents is 1. The second kappa shape index (κ2) is 7.77. The summed E-state index contributed by atoms with van der Waals surface area (Å²) < 4.78 is 9.84.